The predicted molar refractivity (Wildman–Crippen MR) is 168 cm³/mol. The number of Topliss-reactive ketones (excluding diaryl/α,β-unsaturated/α-hetero) is 1. The molecule has 0 bridgehead atoms. The first-order chi connectivity index (χ1) is 20.6. The minimum Gasteiger partial charge on any atom is -0.454 e. The van der Waals surface area contributed by atoms with E-state index in [0.717, 1.165) is 46.8 Å². The lowest BCUT2D eigenvalue weighted by atomic mass is 9.81. The third kappa shape index (κ3) is 5.40. The zero-order valence-electron chi connectivity index (χ0n) is 24.3. The summed E-state index contributed by atoms with van der Waals surface area (Å²) in [5.74, 6) is -1.59. The number of carbonyl (C=O) groups is 4. The molecule has 1 aromatic heterocycles. The Morgan fingerprint density at radius 1 is 0.860 bits per heavy atom. The van der Waals surface area contributed by atoms with Crippen molar-refractivity contribution in [3.8, 4) is 11.3 Å². The first kappa shape index (κ1) is 28.9. The molecular formula is C35H31BrN2O5. The molecule has 0 radical (unpaired) electrons. The molecule has 2 unspecified atom stereocenters. The maximum atomic E-state index is 13.4. The fourth-order valence-corrected chi connectivity index (χ4v) is 6.75. The van der Waals surface area contributed by atoms with Gasteiger partial charge in [0.2, 0.25) is 11.8 Å². The van der Waals surface area contributed by atoms with E-state index in [1.54, 1.807) is 42.5 Å². The topological polar surface area (TPSA) is 93.6 Å². The number of pyridine rings is 1. The number of hydrogen-bond donors (Lipinski definition) is 0. The first-order valence-electron chi connectivity index (χ1n) is 14.5. The second-order valence-corrected chi connectivity index (χ2v) is 12.4. The summed E-state index contributed by atoms with van der Waals surface area (Å²) in [6.07, 6.45) is 3.47. The fraction of sp³-hybridized carbons (Fsp3) is 0.286. The molecular weight excluding hydrogens is 608 g/mol. The van der Waals surface area contributed by atoms with E-state index in [9.17, 15) is 19.2 Å². The third-order valence-corrected chi connectivity index (χ3v) is 9.17. The molecule has 218 valence electrons. The molecule has 2 amide bonds. The maximum Gasteiger partial charge on any atom is 0.339 e. The number of rotatable bonds is 6. The number of hydrogen-bond acceptors (Lipinski definition) is 6. The van der Waals surface area contributed by atoms with Crippen LogP contribution in [0.3, 0.4) is 0 Å². The lowest BCUT2D eigenvalue weighted by molar-refractivity contribution is -0.122. The summed E-state index contributed by atoms with van der Waals surface area (Å²) in [4.78, 5) is 58.6. The number of ether oxygens (including phenoxy) is 1. The van der Waals surface area contributed by atoms with E-state index in [0.29, 0.717) is 33.4 Å². The Morgan fingerprint density at radius 2 is 1.53 bits per heavy atom. The minimum atomic E-state index is -0.629. The average molecular weight is 640 g/mol. The van der Waals surface area contributed by atoms with Crippen LogP contribution < -0.4 is 4.90 Å². The Hall–Kier alpha value is -4.17. The van der Waals surface area contributed by atoms with Gasteiger partial charge in [-0.25, -0.2) is 9.78 Å². The van der Waals surface area contributed by atoms with Crippen LogP contribution >= 0.6 is 15.9 Å². The molecule has 0 spiro atoms. The van der Waals surface area contributed by atoms with E-state index >= 15 is 0 Å². The summed E-state index contributed by atoms with van der Waals surface area (Å²) < 4.78 is 6.33. The van der Waals surface area contributed by atoms with Crippen LogP contribution in [0.4, 0.5) is 5.69 Å². The van der Waals surface area contributed by atoms with Gasteiger partial charge in [-0.1, -0.05) is 53.0 Å². The minimum absolute atomic E-state index is 0.118. The van der Waals surface area contributed by atoms with E-state index in [1.165, 1.54) is 4.90 Å². The van der Waals surface area contributed by atoms with E-state index in [4.69, 9.17) is 9.72 Å². The molecule has 1 aliphatic carbocycles. The third-order valence-electron chi connectivity index (χ3n) is 8.71. The van der Waals surface area contributed by atoms with Crippen molar-refractivity contribution in [3.05, 3.63) is 93.0 Å². The molecule has 8 heteroatoms. The number of benzene rings is 3. The monoisotopic (exact) mass is 638 g/mol. The van der Waals surface area contributed by atoms with Crippen LogP contribution in [0, 0.1) is 32.6 Å². The van der Waals surface area contributed by atoms with Crippen molar-refractivity contribution in [1.29, 1.82) is 0 Å². The van der Waals surface area contributed by atoms with Gasteiger partial charge in [0.15, 0.2) is 12.4 Å². The van der Waals surface area contributed by atoms with Gasteiger partial charge >= 0.3 is 5.97 Å². The number of aryl methyl sites for hydroxylation is 3. The van der Waals surface area contributed by atoms with Gasteiger partial charge in [0.1, 0.15) is 0 Å². The SMILES string of the molecule is Cc1ccc(C(=O)COC(=O)c2cc(-c3ccc(N4C(=O)C5CCCCC5C4=O)cc3)nc3c(C)cc(Br)cc23)cc1C. The van der Waals surface area contributed by atoms with Gasteiger partial charge in [0.05, 0.1) is 34.3 Å². The molecule has 43 heavy (non-hydrogen) atoms. The smallest absolute Gasteiger partial charge is 0.339 e. The summed E-state index contributed by atoms with van der Waals surface area (Å²) in [7, 11) is 0. The van der Waals surface area contributed by atoms with Crippen molar-refractivity contribution in [2.24, 2.45) is 11.8 Å². The summed E-state index contributed by atoms with van der Waals surface area (Å²) >= 11 is 3.51. The second kappa shape index (κ2) is 11.5. The van der Waals surface area contributed by atoms with Crippen molar-refractivity contribution in [2.75, 3.05) is 11.5 Å². The van der Waals surface area contributed by atoms with Crippen LogP contribution in [-0.4, -0.2) is 35.2 Å². The number of aromatic nitrogens is 1. The fourth-order valence-electron chi connectivity index (χ4n) is 6.18. The number of fused-ring (bicyclic) bond motifs is 2. The van der Waals surface area contributed by atoms with Crippen molar-refractivity contribution in [1.82, 2.24) is 4.98 Å². The van der Waals surface area contributed by atoms with Crippen molar-refractivity contribution in [2.45, 2.75) is 46.5 Å². The van der Waals surface area contributed by atoms with Crippen LogP contribution in [0.2, 0.25) is 0 Å². The quantitative estimate of drug-likeness (QED) is 0.125. The van der Waals surface area contributed by atoms with Gasteiger partial charge in [-0.05, 0) is 86.7 Å². The lowest BCUT2D eigenvalue weighted by Crippen LogP contribution is -2.30. The van der Waals surface area contributed by atoms with Gasteiger partial charge in [-0.2, -0.15) is 0 Å². The molecule has 7 nitrogen and oxygen atoms in total. The zero-order valence-corrected chi connectivity index (χ0v) is 25.9. The molecule has 1 aliphatic heterocycles. The highest BCUT2D eigenvalue weighted by Gasteiger charge is 2.48. The molecule has 0 N–H and O–H groups in total. The van der Waals surface area contributed by atoms with Crippen LogP contribution in [-0.2, 0) is 14.3 Å². The molecule has 4 aromatic rings. The van der Waals surface area contributed by atoms with Crippen molar-refractivity contribution >= 4 is 56.1 Å². The number of nitrogens with zero attached hydrogens (tertiary/aromatic N) is 2. The highest BCUT2D eigenvalue weighted by Crippen LogP contribution is 2.40. The van der Waals surface area contributed by atoms with E-state index < -0.39 is 5.97 Å². The summed E-state index contributed by atoms with van der Waals surface area (Å²) in [5.41, 5.74) is 6.12. The van der Waals surface area contributed by atoms with Gasteiger partial charge in [-0.15, -0.1) is 0 Å². The number of anilines is 1. The lowest BCUT2D eigenvalue weighted by Gasteiger charge is -2.19. The van der Waals surface area contributed by atoms with Gasteiger partial charge in [0, 0.05) is 21.0 Å². The number of carbonyl (C=O) groups excluding carboxylic acids is 4. The molecule has 2 aliphatic rings. The van der Waals surface area contributed by atoms with Gasteiger partial charge in [0.25, 0.3) is 0 Å². The van der Waals surface area contributed by atoms with Crippen molar-refractivity contribution in [3.63, 3.8) is 0 Å². The highest BCUT2D eigenvalue weighted by molar-refractivity contribution is 9.10. The number of amides is 2. The molecule has 2 heterocycles. The Kier molecular flexibility index (Phi) is 7.73. The molecule has 3 aromatic carbocycles. The maximum absolute atomic E-state index is 13.4. The van der Waals surface area contributed by atoms with Gasteiger partial charge < -0.3 is 4.74 Å². The Balaban J connectivity index is 1.30. The van der Waals surface area contributed by atoms with Crippen LogP contribution in [0.15, 0.2) is 65.1 Å². The number of halogens is 1. The predicted octanol–water partition coefficient (Wildman–Crippen LogP) is 7.31. The summed E-state index contributed by atoms with van der Waals surface area (Å²) in [5, 5.41) is 0.603. The van der Waals surface area contributed by atoms with E-state index in [2.05, 4.69) is 15.9 Å². The molecule has 2 atom stereocenters. The summed E-state index contributed by atoms with van der Waals surface area (Å²) in [6.45, 7) is 5.43. The Bertz CT molecular complexity index is 1790. The molecule has 6 rings (SSSR count). The normalized spacial score (nSPS) is 18.2. The van der Waals surface area contributed by atoms with Crippen LogP contribution in [0.1, 0.15) is 63.1 Å². The van der Waals surface area contributed by atoms with Crippen LogP contribution in [0.5, 0.6) is 0 Å². The number of ketones is 1. The standard InChI is InChI=1S/C35H31BrN2O5/c1-19-8-9-23(14-20(19)2)31(39)18-43-35(42)29-17-30(37-32-21(3)15-24(36)16-28(29)32)22-10-12-25(13-11-22)38-33(40)26-6-4-5-7-27(26)34(38)41/h8-17,26-27H,4-7,18H2,1-3H3. The average Bonchev–Trinajstić information content (AvgIpc) is 3.26. The van der Waals surface area contributed by atoms with Crippen molar-refractivity contribution < 1.29 is 23.9 Å². The summed E-state index contributed by atoms with van der Waals surface area (Å²) in [6, 6.07) is 17.9. The highest BCUT2D eigenvalue weighted by atomic mass is 79.9. The van der Waals surface area contributed by atoms with Gasteiger partial charge in [-0.3, -0.25) is 19.3 Å². The molecule has 1 saturated carbocycles. The number of imide groups is 1. The second-order valence-electron chi connectivity index (χ2n) is 11.5. The largest absolute Gasteiger partial charge is 0.454 e. The van der Waals surface area contributed by atoms with E-state index in [1.807, 2.05) is 39.0 Å². The van der Waals surface area contributed by atoms with E-state index in [-0.39, 0.29) is 41.6 Å². The zero-order chi connectivity index (χ0) is 30.4. The molecule has 1 saturated heterocycles. The Labute approximate surface area is 258 Å². The number of esters is 1. The first-order valence-corrected chi connectivity index (χ1v) is 15.3. The Morgan fingerprint density at radius 3 is 2.19 bits per heavy atom. The van der Waals surface area contributed by atoms with Crippen LogP contribution in [0.25, 0.3) is 22.2 Å². The molecule has 2 fully saturated rings.